The molecule has 1 aliphatic heterocycles. The zero-order chi connectivity index (χ0) is 10.7. The first-order chi connectivity index (χ1) is 7.22. The number of aromatic nitrogens is 1. The van der Waals surface area contributed by atoms with Crippen LogP contribution in [0.1, 0.15) is 33.1 Å². The molecule has 2 rings (SSSR count). The summed E-state index contributed by atoms with van der Waals surface area (Å²) in [6.07, 6.45) is 7.34. The van der Waals surface area contributed by atoms with Crippen molar-refractivity contribution in [2.24, 2.45) is 0 Å². The maximum atomic E-state index is 5.81. The summed E-state index contributed by atoms with van der Waals surface area (Å²) >= 11 is 0. The Morgan fingerprint density at radius 2 is 2.20 bits per heavy atom. The van der Waals surface area contributed by atoms with Crippen LogP contribution < -0.4 is 5.43 Å². The topological polar surface area (TPSA) is 26.2 Å². The van der Waals surface area contributed by atoms with Gasteiger partial charge in [0.25, 0.3) is 0 Å². The summed E-state index contributed by atoms with van der Waals surface area (Å²) in [7, 11) is 0. The van der Waals surface area contributed by atoms with Crippen molar-refractivity contribution in [2.45, 2.75) is 44.8 Å². The highest BCUT2D eigenvalue weighted by atomic mass is 16.5. The second-order valence-corrected chi connectivity index (χ2v) is 4.56. The van der Waals surface area contributed by atoms with E-state index in [-0.39, 0.29) is 5.60 Å². The maximum Gasteiger partial charge on any atom is 0.0672 e. The molecule has 2 unspecified atom stereocenters. The van der Waals surface area contributed by atoms with E-state index in [1.165, 1.54) is 0 Å². The van der Waals surface area contributed by atoms with Crippen molar-refractivity contribution in [1.29, 1.82) is 0 Å². The molecule has 3 nitrogen and oxygen atoms in total. The Morgan fingerprint density at radius 3 is 2.87 bits per heavy atom. The van der Waals surface area contributed by atoms with Crippen LogP contribution in [-0.2, 0) is 4.74 Å². The van der Waals surface area contributed by atoms with Gasteiger partial charge in [-0.2, -0.15) is 0 Å². The van der Waals surface area contributed by atoms with Gasteiger partial charge in [0.1, 0.15) is 0 Å². The summed E-state index contributed by atoms with van der Waals surface area (Å²) in [6, 6.07) is 4.59. The molecule has 1 aromatic rings. The Kier molecular flexibility index (Phi) is 3.00. The Morgan fingerprint density at radius 1 is 1.47 bits per heavy atom. The van der Waals surface area contributed by atoms with E-state index in [9.17, 15) is 0 Å². The third-order valence-corrected chi connectivity index (χ3v) is 3.28. The summed E-state index contributed by atoms with van der Waals surface area (Å²) in [5, 5.41) is 0. The van der Waals surface area contributed by atoms with E-state index < -0.39 is 0 Å². The van der Waals surface area contributed by atoms with Gasteiger partial charge in [0, 0.05) is 25.0 Å². The summed E-state index contributed by atoms with van der Waals surface area (Å²) < 4.78 is 7.85. The summed E-state index contributed by atoms with van der Waals surface area (Å²) in [4.78, 5) is 0. The summed E-state index contributed by atoms with van der Waals surface area (Å²) in [6.45, 7) is 5.26. The first-order valence-electron chi connectivity index (χ1n) is 5.75. The van der Waals surface area contributed by atoms with Crippen LogP contribution in [-0.4, -0.2) is 22.9 Å². The molecule has 2 atom stereocenters. The fraction of sp³-hybridized carbons (Fsp3) is 0.667. The number of nitrogens with one attached hydrogen (secondary N) is 1. The van der Waals surface area contributed by atoms with Crippen molar-refractivity contribution in [2.75, 3.05) is 12.0 Å². The maximum absolute atomic E-state index is 5.81. The lowest BCUT2D eigenvalue weighted by Gasteiger charge is -2.38. The van der Waals surface area contributed by atoms with Crippen molar-refractivity contribution in [3.8, 4) is 0 Å². The molecule has 0 aromatic carbocycles. The Hall–Kier alpha value is -0.960. The van der Waals surface area contributed by atoms with Gasteiger partial charge in [0.15, 0.2) is 0 Å². The van der Waals surface area contributed by atoms with Gasteiger partial charge >= 0.3 is 0 Å². The number of hydrogen-bond donors (Lipinski definition) is 1. The summed E-state index contributed by atoms with van der Waals surface area (Å²) in [5.74, 6) is 0. The quantitative estimate of drug-likeness (QED) is 0.825. The van der Waals surface area contributed by atoms with Crippen LogP contribution in [0.25, 0.3) is 0 Å². The lowest BCUT2D eigenvalue weighted by atomic mass is 9.90. The fourth-order valence-corrected chi connectivity index (χ4v) is 2.12. The molecule has 1 saturated heterocycles. The predicted molar refractivity (Wildman–Crippen MR) is 61.5 cm³/mol. The van der Waals surface area contributed by atoms with E-state index in [2.05, 4.69) is 19.3 Å². The molecule has 1 aromatic heterocycles. The third-order valence-electron chi connectivity index (χ3n) is 3.28. The molecule has 0 aliphatic carbocycles. The molecular formula is C12H20N2O. The zero-order valence-corrected chi connectivity index (χ0v) is 9.57. The average Bonchev–Trinajstić information content (AvgIpc) is 2.71. The highest BCUT2D eigenvalue weighted by molar-refractivity contribution is 4.98. The van der Waals surface area contributed by atoms with Gasteiger partial charge in [-0.15, -0.1) is 0 Å². The molecule has 0 saturated carbocycles. The van der Waals surface area contributed by atoms with E-state index in [0.29, 0.717) is 6.04 Å². The molecule has 0 bridgehead atoms. The van der Waals surface area contributed by atoms with E-state index >= 15 is 0 Å². The molecule has 0 amide bonds. The zero-order valence-electron chi connectivity index (χ0n) is 9.57. The van der Waals surface area contributed by atoms with Crippen LogP contribution in [0.15, 0.2) is 24.5 Å². The van der Waals surface area contributed by atoms with Gasteiger partial charge in [-0.05, 0) is 38.3 Å². The van der Waals surface area contributed by atoms with Crippen LogP contribution in [0.2, 0.25) is 0 Å². The molecule has 15 heavy (non-hydrogen) atoms. The minimum absolute atomic E-state index is 0.0586. The predicted octanol–water partition coefficient (Wildman–Crippen LogP) is 2.38. The molecule has 1 aliphatic rings. The second kappa shape index (κ2) is 4.27. The van der Waals surface area contributed by atoms with E-state index in [1.807, 2.05) is 29.2 Å². The van der Waals surface area contributed by atoms with E-state index in [1.54, 1.807) is 0 Å². The van der Waals surface area contributed by atoms with Gasteiger partial charge in [0.05, 0.1) is 5.60 Å². The number of rotatable bonds is 3. The van der Waals surface area contributed by atoms with Gasteiger partial charge in [0.2, 0.25) is 0 Å². The molecule has 1 fully saturated rings. The molecule has 0 radical (unpaired) electrons. The van der Waals surface area contributed by atoms with Crippen LogP contribution in [0.5, 0.6) is 0 Å². The highest BCUT2D eigenvalue weighted by Gasteiger charge is 2.31. The van der Waals surface area contributed by atoms with E-state index in [4.69, 9.17) is 4.74 Å². The molecule has 1 N–H and O–H groups in total. The highest BCUT2D eigenvalue weighted by Crippen LogP contribution is 2.27. The summed E-state index contributed by atoms with van der Waals surface area (Å²) in [5.41, 5.74) is 3.55. The van der Waals surface area contributed by atoms with Crippen molar-refractivity contribution in [1.82, 2.24) is 4.68 Å². The van der Waals surface area contributed by atoms with Gasteiger partial charge in [-0.3, -0.25) is 4.68 Å². The normalized spacial score (nSPS) is 31.5. The Bertz CT molecular complexity index is 297. The SMILES string of the molecule is CCC1(C)CC(Nn2cccc2)CCO1. The lowest BCUT2D eigenvalue weighted by Crippen LogP contribution is -2.43. The minimum atomic E-state index is 0.0586. The van der Waals surface area contributed by atoms with Crippen molar-refractivity contribution in [3.05, 3.63) is 24.5 Å². The monoisotopic (exact) mass is 208 g/mol. The molecule has 3 heteroatoms. The first kappa shape index (κ1) is 10.6. The molecule has 2 heterocycles. The average molecular weight is 208 g/mol. The largest absolute Gasteiger partial charge is 0.375 e. The second-order valence-electron chi connectivity index (χ2n) is 4.56. The van der Waals surface area contributed by atoms with Gasteiger partial charge in [-0.25, -0.2) is 0 Å². The van der Waals surface area contributed by atoms with Gasteiger partial charge in [-0.1, -0.05) is 6.92 Å². The number of nitrogens with zero attached hydrogens (tertiary/aromatic N) is 1. The number of ether oxygens (including phenoxy) is 1. The number of hydrogen-bond acceptors (Lipinski definition) is 2. The van der Waals surface area contributed by atoms with Crippen LogP contribution in [0.3, 0.4) is 0 Å². The minimum Gasteiger partial charge on any atom is -0.375 e. The third kappa shape index (κ3) is 2.53. The molecular weight excluding hydrogens is 188 g/mol. The fourth-order valence-electron chi connectivity index (χ4n) is 2.12. The van der Waals surface area contributed by atoms with Crippen LogP contribution in [0, 0.1) is 0 Å². The van der Waals surface area contributed by atoms with E-state index in [0.717, 1.165) is 25.9 Å². The standard InChI is InChI=1S/C12H20N2O/c1-3-12(2)10-11(6-9-15-12)13-14-7-4-5-8-14/h4-5,7-8,11,13H,3,6,9-10H2,1-2H3. The van der Waals surface area contributed by atoms with Crippen molar-refractivity contribution >= 4 is 0 Å². The van der Waals surface area contributed by atoms with Crippen molar-refractivity contribution < 1.29 is 4.74 Å². The van der Waals surface area contributed by atoms with Gasteiger partial charge < -0.3 is 10.2 Å². The Labute approximate surface area is 91.4 Å². The van der Waals surface area contributed by atoms with Crippen molar-refractivity contribution in [3.63, 3.8) is 0 Å². The lowest BCUT2D eigenvalue weighted by molar-refractivity contribution is -0.0721. The smallest absolute Gasteiger partial charge is 0.0672 e. The first-order valence-corrected chi connectivity index (χ1v) is 5.75. The van der Waals surface area contributed by atoms with Crippen LogP contribution in [0.4, 0.5) is 0 Å². The Balaban J connectivity index is 1.93. The molecule has 84 valence electrons. The van der Waals surface area contributed by atoms with Crippen LogP contribution >= 0.6 is 0 Å². The molecule has 0 spiro atoms.